The van der Waals surface area contributed by atoms with Crippen LogP contribution in [0.3, 0.4) is 0 Å². The van der Waals surface area contributed by atoms with E-state index in [9.17, 15) is 0 Å². The van der Waals surface area contributed by atoms with Crippen LogP contribution in [-0.2, 0) is 0 Å². The molecule has 0 nitrogen and oxygen atoms in total. The van der Waals surface area contributed by atoms with E-state index in [2.05, 4.69) is 20.1 Å². The minimum Gasteiger partial charge on any atom is -0.0991 e. The van der Waals surface area contributed by atoms with Crippen molar-refractivity contribution in [2.45, 2.75) is 13.3 Å². The Labute approximate surface area is 51.2 Å². The molecule has 0 aromatic carbocycles. The summed E-state index contributed by atoms with van der Waals surface area (Å²) in [7, 11) is 0. The van der Waals surface area contributed by atoms with Gasteiger partial charge in [-0.15, -0.1) is 0 Å². The van der Waals surface area contributed by atoms with Crippen molar-refractivity contribution in [3.8, 4) is 0 Å². The number of hydrogen-bond donors (Lipinski definition) is 0. The second kappa shape index (κ2) is 4.38. The van der Waals surface area contributed by atoms with Crippen molar-refractivity contribution in [3.63, 3.8) is 0 Å². The van der Waals surface area contributed by atoms with Crippen molar-refractivity contribution in [3.05, 3.63) is 37.0 Å². The largest absolute Gasteiger partial charge is 0.0991 e. The van der Waals surface area contributed by atoms with E-state index in [0.29, 0.717) is 0 Å². The summed E-state index contributed by atoms with van der Waals surface area (Å²) in [4.78, 5) is 0. The van der Waals surface area contributed by atoms with E-state index >= 15 is 0 Å². The average Bonchev–Trinajstić information content (AvgIpc) is 1.83. The first kappa shape index (κ1) is 7.22. The van der Waals surface area contributed by atoms with Crippen molar-refractivity contribution in [1.82, 2.24) is 0 Å². The van der Waals surface area contributed by atoms with Gasteiger partial charge in [-0.2, -0.15) is 0 Å². The van der Waals surface area contributed by atoms with E-state index in [0.717, 1.165) is 6.42 Å². The van der Waals surface area contributed by atoms with E-state index in [4.69, 9.17) is 0 Å². The van der Waals surface area contributed by atoms with Crippen LogP contribution < -0.4 is 0 Å². The lowest BCUT2D eigenvalue weighted by Gasteiger charge is -1.89. The highest BCUT2D eigenvalue weighted by Crippen LogP contribution is 1.99. The van der Waals surface area contributed by atoms with Gasteiger partial charge >= 0.3 is 0 Å². The molecular formula is C8H12. The molecule has 8 heavy (non-hydrogen) atoms. The van der Waals surface area contributed by atoms with Crippen molar-refractivity contribution in [2.75, 3.05) is 0 Å². The van der Waals surface area contributed by atoms with Crippen LogP contribution in [0.2, 0.25) is 0 Å². The minimum atomic E-state index is 1.04. The predicted octanol–water partition coefficient (Wildman–Crippen LogP) is 2.69. The summed E-state index contributed by atoms with van der Waals surface area (Å²) in [6.45, 7) is 9.30. The molecule has 0 heteroatoms. The quantitative estimate of drug-likeness (QED) is 0.487. The molecule has 0 aliphatic carbocycles. The molecule has 0 unspecified atom stereocenters. The van der Waals surface area contributed by atoms with Gasteiger partial charge in [0.2, 0.25) is 0 Å². The Morgan fingerprint density at radius 3 is 2.25 bits per heavy atom. The van der Waals surface area contributed by atoms with Crippen LogP contribution >= 0.6 is 0 Å². The summed E-state index contributed by atoms with van der Waals surface area (Å²) in [5.74, 6) is 0. The van der Waals surface area contributed by atoms with Gasteiger partial charge in [0.1, 0.15) is 0 Å². The van der Waals surface area contributed by atoms with Gasteiger partial charge in [0.25, 0.3) is 0 Å². The second-order valence-electron chi connectivity index (χ2n) is 1.53. The smallest absolute Gasteiger partial charge is 0.0308 e. The Kier molecular flexibility index (Phi) is 3.95. The molecule has 0 saturated heterocycles. The Morgan fingerprint density at radius 1 is 1.50 bits per heavy atom. The highest BCUT2D eigenvalue weighted by Gasteiger charge is 1.79. The number of allylic oxidation sites excluding steroid dienone is 4. The van der Waals surface area contributed by atoms with E-state index in [1.807, 2.05) is 12.2 Å². The highest BCUT2D eigenvalue weighted by atomic mass is 13.8. The maximum Gasteiger partial charge on any atom is -0.0308 e. The first-order chi connectivity index (χ1) is 3.85. The lowest BCUT2D eigenvalue weighted by molar-refractivity contribution is 1.15. The molecule has 0 aliphatic rings. The normalized spacial score (nSPS) is 10.9. The van der Waals surface area contributed by atoms with E-state index in [1.165, 1.54) is 5.57 Å². The zero-order chi connectivity index (χ0) is 6.41. The number of hydrogen-bond acceptors (Lipinski definition) is 0. The maximum absolute atomic E-state index is 3.63. The van der Waals surface area contributed by atoms with E-state index < -0.39 is 0 Å². The Balaban J connectivity index is 3.84. The molecule has 0 atom stereocenters. The monoisotopic (exact) mass is 108 g/mol. The molecular weight excluding hydrogens is 96.1 g/mol. The fourth-order valence-electron chi connectivity index (χ4n) is 0.482. The van der Waals surface area contributed by atoms with Gasteiger partial charge in [-0.25, -0.2) is 0 Å². The molecule has 0 aliphatic heterocycles. The van der Waals surface area contributed by atoms with Crippen LogP contribution in [0.5, 0.6) is 0 Å². The van der Waals surface area contributed by atoms with Gasteiger partial charge in [-0.1, -0.05) is 38.3 Å². The molecule has 44 valence electrons. The molecule has 0 amide bonds. The van der Waals surface area contributed by atoms with Gasteiger partial charge in [0.05, 0.1) is 0 Å². The third-order valence-electron chi connectivity index (χ3n) is 1.00. The molecule has 0 aromatic heterocycles. The van der Waals surface area contributed by atoms with E-state index in [-0.39, 0.29) is 0 Å². The van der Waals surface area contributed by atoms with Gasteiger partial charge < -0.3 is 0 Å². The van der Waals surface area contributed by atoms with Gasteiger partial charge in [-0.05, 0) is 12.0 Å². The fourth-order valence-corrected chi connectivity index (χ4v) is 0.482. The lowest BCUT2D eigenvalue weighted by atomic mass is 10.2. The Morgan fingerprint density at radius 2 is 2.12 bits per heavy atom. The second-order valence-corrected chi connectivity index (χ2v) is 1.53. The molecule has 0 saturated carbocycles. The summed E-state index contributed by atoms with van der Waals surface area (Å²) < 4.78 is 0. The van der Waals surface area contributed by atoms with Crippen LogP contribution in [0, 0.1) is 0 Å². The molecule has 0 aromatic rings. The summed E-state index contributed by atoms with van der Waals surface area (Å²) in [5, 5.41) is 0. The van der Waals surface area contributed by atoms with Crippen molar-refractivity contribution in [1.29, 1.82) is 0 Å². The Bertz CT molecular complexity index is 107. The fraction of sp³-hybridized carbons (Fsp3) is 0.250. The van der Waals surface area contributed by atoms with Crippen LogP contribution in [0.25, 0.3) is 0 Å². The third-order valence-corrected chi connectivity index (χ3v) is 1.00. The zero-order valence-corrected chi connectivity index (χ0v) is 5.35. The summed E-state index contributed by atoms with van der Waals surface area (Å²) >= 11 is 0. The van der Waals surface area contributed by atoms with Gasteiger partial charge in [0.15, 0.2) is 0 Å². The van der Waals surface area contributed by atoms with Gasteiger partial charge in [0, 0.05) is 0 Å². The van der Waals surface area contributed by atoms with Crippen LogP contribution in [-0.4, -0.2) is 0 Å². The van der Waals surface area contributed by atoms with Crippen molar-refractivity contribution >= 4 is 0 Å². The maximum atomic E-state index is 3.63. The van der Waals surface area contributed by atoms with E-state index in [1.54, 1.807) is 6.08 Å². The molecule has 0 heterocycles. The average molecular weight is 108 g/mol. The summed E-state index contributed by atoms with van der Waals surface area (Å²) in [6.07, 6.45) is 6.63. The zero-order valence-electron chi connectivity index (χ0n) is 5.35. The number of rotatable bonds is 3. The molecule has 0 N–H and O–H groups in total. The molecule has 0 radical (unpaired) electrons. The standard InChI is InChI=1S/C8H12/c1-4-7-8(5-2)6-3/h4-5,7H,1-2,6H2,3H3. The first-order valence-electron chi connectivity index (χ1n) is 2.79. The molecule has 0 fully saturated rings. The molecule has 0 bridgehead atoms. The van der Waals surface area contributed by atoms with Crippen molar-refractivity contribution < 1.29 is 0 Å². The SMILES string of the molecule is C=CC=C(C=C)CC. The first-order valence-corrected chi connectivity index (χ1v) is 2.79. The summed E-state index contributed by atoms with van der Waals surface area (Å²) in [6, 6.07) is 0. The van der Waals surface area contributed by atoms with Crippen molar-refractivity contribution in [2.24, 2.45) is 0 Å². The Hall–Kier alpha value is -0.780. The van der Waals surface area contributed by atoms with Crippen LogP contribution in [0.4, 0.5) is 0 Å². The lowest BCUT2D eigenvalue weighted by Crippen LogP contribution is -1.68. The van der Waals surface area contributed by atoms with Gasteiger partial charge in [-0.3, -0.25) is 0 Å². The topological polar surface area (TPSA) is 0 Å². The molecule has 0 spiro atoms. The van der Waals surface area contributed by atoms with Crippen LogP contribution in [0.15, 0.2) is 37.0 Å². The predicted molar refractivity (Wildman–Crippen MR) is 38.8 cm³/mol. The minimum absolute atomic E-state index is 1.04. The van der Waals surface area contributed by atoms with Crippen LogP contribution in [0.1, 0.15) is 13.3 Å². The third kappa shape index (κ3) is 2.40. The molecule has 0 rings (SSSR count). The summed E-state index contributed by atoms with van der Waals surface area (Å²) in [5.41, 5.74) is 1.24. The highest BCUT2D eigenvalue weighted by molar-refractivity contribution is 5.20.